The zero-order chi connectivity index (χ0) is 19.5. The van der Waals surface area contributed by atoms with Crippen LogP contribution >= 0.6 is 11.3 Å². The summed E-state index contributed by atoms with van der Waals surface area (Å²) < 4.78 is 7.12. The molecule has 0 aliphatic carbocycles. The van der Waals surface area contributed by atoms with Crippen LogP contribution in [0.15, 0.2) is 48.5 Å². The molecule has 0 saturated carbocycles. The standard InChI is InChI=1S/C23H26N2O2S/c1-16(2)18-9-3-5-11-20(18)27-15-22(26)25-13-7-8-17(14-25)23-24-19-10-4-6-12-21(19)28-23/h3-6,9-12,16-17H,7-8,13-15H2,1-2H3/t17-/m0/s1. The summed E-state index contributed by atoms with van der Waals surface area (Å²) in [5, 5.41) is 1.14. The van der Waals surface area contributed by atoms with Gasteiger partial charge in [0.2, 0.25) is 0 Å². The normalized spacial score (nSPS) is 17.2. The van der Waals surface area contributed by atoms with E-state index in [-0.39, 0.29) is 12.5 Å². The highest BCUT2D eigenvalue weighted by Gasteiger charge is 2.27. The molecule has 4 nitrogen and oxygen atoms in total. The van der Waals surface area contributed by atoms with Crippen LogP contribution in [0.2, 0.25) is 0 Å². The van der Waals surface area contributed by atoms with Crippen molar-refractivity contribution in [2.24, 2.45) is 0 Å². The minimum absolute atomic E-state index is 0.0596. The van der Waals surface area contributed by atoms with Gasteiger partial charge in [0.25, 0.3) is 5.91 Å². The fourth-order valence-corrected chi connectivity index (χ4v) is 4.88. The largest absolute Gasteiger partial charge is 0.483 e. The fraction of sp³-hybridized carbons (Fsp3) is 0.391. The molecule has 2 aromatic carbocycles. The summed E-state index contributed by atoms with van der Waals surface area (Å²) in [6.45, 7) is 5.90. The fourth-order valence-electron chi connectivity index (χ4n) is 3.79. The van der Waals surface area contributed by atoms with E-state index < -0.39 is 0 Å². The molecule has 3 aromatic rings. The Morgan fingerprint density at radius 1 is 1.21 bits per heavy atom. The van der Waals surface area contributed by atoms with Crippen LogP contribution in [0.25, 0.3) is 10.2 Å². The molecule has 0 N–H and O–H groups in total. The Morgan fingerprint density at radius 2 is 2.00 bits per heavy atom. The molecule has 0 bridgehead atoms. The number of para-hydroxylation sites is 2. The maximum atomic E-state index is 12.8. The molecular formula is C23H26N2O2S. The summed E-state index contributed by atoms with van der Waals surface area (Å²) in [7, 11) is 0. The summed E-state index contributed by atoms with van der Waals surface area (Å²) in [5.41, 5.74) is 2.20. The van der Waals surface area contributed by atoms with Crippen molar-refractivity contribution >= 4 is 27.5 Å². The van der Waals surface area contributed by atoms with Crippen LogP contribution in [0.1, 0.15) is 49.1 Å². The van der Waals surface area contributed by atoms with E-state index in [1.165, 1.54) is 4.70 Å². The molecule has 4 rings (SSSR count). The van der Waals surface area contributed by atoms with Crippen molar-refractivity contribution in [2.75, 3.05) is 19.7 Å². The van der Waals surface area contributed by atoms with Gasteiger partial charge in [-0.25, -0.2) is 4.98 Å². The second-order valence-corrected chi connectivity index (χ2v) is 8.74. The summed E-state index contributed by atoms with van der Waals surface area (Å²) in [6, 6.07) is 16.2. The van der Waals surface area contributed by atoms with Crippen molar-refractivity contribution in [1.82, 2.24) is 9.88 Å². The molecule has 1 atom stereocenters. The third-order valence-corrected chi connectivity index (χ3v) is 6.52. The van der Waals surface area contributed by atoms with Crippen LogP contribution < -0.4 is 4.74 Å². The first-order valence-electron chi connectivity index (χ1n) is 9.97. The van der Waals surface area contributed by atoms with E-state index in [0.717, 1.165) is 47.8 Å². The van der Waals surface area contributed by atoms with Crippen LogP contribution in [-0.4, -0.2) is 35.5 Å². The maximum absolute atomic E-state index is 12.8. The van der Waals surface area contributed by atoms with Gasteiger partial charge in [0, 0.05) is 19.0 Å². The number of piperidine rings is 1. The van der Waals surface area contributed by atoms with Crippen molar-refractivity contribution < 1.29 is 9.53 Å². The summed E-state index contributed by atoms with van der Waals surface area (Å²) >= 11 is 1.75. The lowest BCUT2D eigenvalue weighted by atomic mass is 9.98. The molecule has 5 heteroatoms. The average Bonchev–Trinajstić information content (AvgIpc) is 3.16. The van der Waals surface area contributed by atoms with Gasteiger partial charge in [-0.1, -0.05) is 44.2 Å². The number of likely N-dealkylation sites (tertiary alicyclic amines) is 1. The number of carbonyl (C=O) groups excluding carboxylic acids is 1. The molecule has 146 valence electrons. The predicted octanol–water partition coefficient (Wildman–Crippen LogP) is 5.20. The quantitative estimate of drug-likeness (QED) is 0.597. The van der Waals surface area contributed by atoms with E-state index in [1.807, 2.05) is 35.2 Å². The Hall–Kier alpha value is -2.40. The molecule has 2 heterocycles. The number of amides is 1. The lowest BCUT2D eigenvalue weighted by molar-refractivity contribution is -0.134. The molecule has 0 spiro atoms. The number of carbonyl (C=O) groups is 1. The molecule has 1 fully saturated rings. The number of rotatable bonds is 5. The molecule has 1 aromatic heterocycles. The highest BCUT2D eigenvalue weighted by molar-refractivity contribution is 7.18. The Labute approximate surface area is 170 Å². The molecule has 0 radical (unpaired) electrons. The van der Waals surface area contributed by atoms with Gasteiger partial charge in [0.05, 0.1) is 15.2 Å². The second-order valence-electron chi connectivity index (χ2n) is 7.68. The van der Waals surface area contributed by atoms with E-state index >= 15 is 0 Å². The first-order chi connectivity index (χ1) is 13.6. The van der Waals surface area contributed by atoms with Crippen LogP contribution in [0.4, 0.5) is 0 Å². The van der Waals surface area contributed by atoms with Crippen LogP contribution in [0.5, 0.6) is 5.75 Å². The van der Waals surface area contributed by atoms with Gasteiger partial charge in [-0.15, -0.1) is 11.3 Å². The summed E-state index contributed by atoms with van der Waals surface area (Å²) in [6.07, 6.45) is 2.09. The topological polar surface area (TPSA) is 42.4 Å². The number of thiazole rings is 1. The van der Waals surface area contributed by atoms with Crippen LogP contribution in [-0.2, 0) is 4.79 Å². The third kappa shape index (κ3) is 4.04. The predicted molar refractivity (Wildman–Crippen MR) is 114 cm³/mol. The lowest BCUT2D eigenvalue weighted by Gasteiger charge is -2.31. The molecule has 1 saturated heterocycles. The number of fused-ring (bicyclic) bond motifs is 1. The van der Waals surface area contributed by atoms with Crippen LogP contribution in [0, 0.1) is 0 Å². The van der Waals surface area contributed by atoms with Gasteiger partial charge in [-0.3, -0.25) is 4.79 Å². The minimum atomic E-state index is 0.0596. The number of aromatic nitrogens is 1. The number of nitrogens with zero attached hydrogens (tertiary/aromatic N) is 2. The number of hydrogen-bond donors (Lipinski definition) is 0. The van der Waals surface area contributed by atoms with E-state index in [9.17, 15) is 4.79 Å². The Morgan fingerprint density at radius 3 is 2.82 bits per heavy atom. The SMILES string of the molecule is CC(C)c1ccccc1OCC(=O)N1CCC[C@H](c2nc3ccccc3s2)C1. The molecule has 1 aliphatic rings. The minimum Gasteiger partial charge on any atom is -0.483 e. The number of ether oxygens (including phenoxy) is 1. The van der Waals surface area contributed by atoms with E-state index in [2.05, 4.69) is 32.0 Å². The lowest BCUT2D eigenvalue weighted by Crippen LogP contribution is -2.41. The van der Waals surface area contributed by atoms with Crippen molar-refractivity contribution in [3.63, 3.8) is 0 Å². The van der Waals surface area contributed by atoms with E-state index in [0.29, 0.717) is 11.8 Å². The third-order valence-electron chi connectivity index (χ3n) is 5.33. The zero-order valence-corrected chi connectivity index (χ0v) is 17.2. The second kappa shape index (κ2) is 8.31. The van der Waals surface area contributed by atoms with Gasteiger partial charge < -0.3 is 9.64 Å². The van der Waals surface area contributed by atoms with Crippen molar-refractivity contribution in [1.29, 1.82) is 0 Å². The Balaban J connectivity index is 1.41. The van der Waals surface area contributed by atoms with Gasteiger partial charge >= 0.3 is 0 Å². The summed E-state index contributed by atoms with van der Waals surface area (Å²) in [4.78, 5) is 19.5. The zero-order valence-electron chi connectivity index (χ0n) is 16.4. The van der Waals surface area contributed by atoms with Crippen molar-refractivity contribution in [2.45, 2.75) is 38.5 Å². The highest BCUT2D eigenvalue weighted by Crippen LogP contribution is 2.33. The average molecular weight is 395 g/mol. The molecule has 1 amide bonds. The van der Waals surface area contributed by atoms with E-state index in [1.54, 1.807) is 11.3 Å². The molecular weight excluding hydrogens is 368 g/mol. The highest BCUT2D eigenvalue weighted by atomic mass is 32.1. The van der Waals surface area contributed by atoms with E-state index in [4.69, 9.17) is 9.72 Å². The number of benzene rings is 2. The molecule has 0 unspecified atom stereocenters. The van der Waals surface area contributed by atoms with Gasteiger partial charge in [0.1, 0.15) is 5.75 Å². The van der Waals surface area contributed by atoms with Gasteiger partial charge in [0.15, 0.2) is 6.61 Å². The first-order valence-corrected chi connectivity index (χ1v) is 10.8. The van der Waals surface area contributed by atoms with Gasteiger partial charge in [-0.05, 0) is 42.5 Å². The van der Waals surface area contributed by atoms with Crippen molar-refractivity contribution in [3.05, 3.63) is 59.1 Å². The molecule has 28 heavy (non-hydrogen) atoms. The van der Waals surface area contributed by atoms with Crippen molar-refractivity contribution in [3.8, 4) is 5.75 Å². The molecule has 1 aliphatic heterocycles. The van der Waals surface area contributed by atoms with Crippen LogP contribution in [0.3, 0.4) is 0 Å². The number of hydrogen-bond acceptors (Lipinski definition) is 4. The summed E-state index contributed by atoms with van der Waals surface area (Å²) in [5.74, 6) is 1.55. The van der Waals surface area contributed by atoms with Gasteiger partial charge in [-0.2, -0.15) is 0 Å². The first kappa shape index (κ1) is 18.9. The smallest absolute Gasteiger partial charge is 0.260 e. The maximum Gasteiger partial charge on any atom is 0.260 e. The Bertz CT molecular complexity index is 933. The monoisotopic (exact) mass is 394 g/mol. The Kier molecular flexibility index (Phi) is 5.62.